The van der Waals surface area contributed by atoms with Crippen LogP contribution in [0.25, 0.3) is 0 Å². The summed E-state index contributed by atoms with van der Waals surface area (Å²) in [4.78, 5) is 2.44. The van der Waals surface area contributed by atoms with Crippen LogP contribution in [0, 0.1) is 0 Å². The summed E-state index contributed by atoms with van der Waals surface area (Å²) in [5.74, 6) is 0. The molecular formula is C14H31N. The average molecular weight is 213 g/mol. The highest BCUT2D eigenvalue weighted by Gasteiger charge is 2.01. The maximum Gasteiger partial charge on any atom is 0.00355 e. The molecule has 0 aliphatic rings. The van der Waals surface area contributed by atoms with E-state index in [0.29, 0.717) is 6.04 Å². The van der Waals surface area contributed by atoms with E-state index in [1.807, 2.05) is 0 Å². The summed E-state index contributed by atoms with van der Waals surface area (Å²) in [5, 5.41) is 0. The summed E-state index contributed by atoms with van der Waals surface area (Å²) in [6, 6.07) is 0.703. The van der Waals surface area contributed by atoms with Gasteiger partial charge in [0.15, 0.2) is 0 Å². The topological polar surface area (TPSA) is 3.24 Å². The van der Waals surface area contributed by atoms with Crippen LogP contribution in [0.5, 0.6) is 0 Å². The van der Waals surface area contributed by atoms with Gasteiger partial charge in [-0.15, -0.1) is 0 Å². The van der Waals surface area contributed by atoms with E-state index < -0.39 is 0 Å². The Hall–Kier alpha value is -0.0400. The molecule has 0 heterocycles. The van der Waals surface area contributed by atoms with E-state index in [2.05, 4.69) is 32.7 Å². The Morgan fingerprint density at radius 2 is 1.27 bits per heavy atom. The maximum absolute atomic E-state index is 2.44. The molecule has 0 radical (unpaired) electrons. The zero-order valence-electron chi connectivity index (χ0n) is 11.4. The summed E-state index contributed by atoms with van der Waals surface area (Å²) in [6.45, 7) is 8.09. The van der Waals surface area contributed by atoms with Gasteiger partial charge in [0.1, 0.15) is 0 Å². The van der Waals surface area contributed by atoms with Gasteiger partial charge in [-0.05, 0) is 33.9 Å². The predicted molar refractivity (Wildman–Crippen MR) is 70.4 cm³/mol. The molecule has 0 aliphatic heterocycles. The molecule has 0 amide bonds. The Labute approximate surface area is 97.2 Å². The van der Waals surface area contributed by atoms with Crippen LogP contribution in [0.2, 0.25) is 0 Å². The summed E-state index contributed by atoms with van der Waals surface area (Å²) < 4.78 is 0. The fourth-order valence-electron chi connectivity index (χ4n) is 1.75. The minimum Gasteiger partial charge on any atom is -0.304 e. The molecule has 1 heteroatoms. The normalized spacial score (nSPS) is 11.6. The van der Waals surface area contributed by atoms with E-state index in [0.717, 1.165) is 0 Å². The molecule has 0 atom stereocenters. The largest absolute Gasteiger partial charge is 0.304 e. The van der Waals surface area contributed by atoms with Gasteiger partial charge in [0, 0.05) is 6.04 Å². The highest BCUT2D eigenvalue weighted by Crippen LogP contribution is 2.09. The standard InChI is InChI=1S/C14H31N/c1-5-6-7-8-9-10-11-12-13-15(4)14(2)3/h14H,5-13H2,1-4H3. The van der Waals surface area contributed by atoms with Crippen molar-refractivity contribution in [3.8, 4) is 0 Å². The van der Waals surface area contributed by atoms with Crippen LogP contribution in [0.4, 0.5) is 0 Å². The minimum atomic E-state index is 0.703. The zero-order valence-corrected chi connectivity index (χ0v) is 11.4. The molecule has 92 valence electrons. The zero-order chi connectivity index (χ0) is 11.5. The van der Waals surface area contributed by atoms with Gasteiger partial charge in [0.2, 0.25) is 0 Å². The number of unbranched alkanes of at least 4 members (excludes halogenated alkanes) is 7. The Morgan fingerprint density at radius 1 is 0.800 bits per heavy atom. The molecule has 0 aromatic rings. The third-order valence-electron chi connectivity index (χ3n) is 3.25. The fraction of sp³-hybridized carbons (Fsp3) is 1.00. The quantitative estimate of drug-likeness (QED) is 0.484. The first-order chi connectivity index (χ1) is 7.18. The van der Waals surface area contributed by atoms with Gasteiger partial charge in [-0.25, -0.2) is 0 Å². The van der Waals surface area contributed by atoms with E-state index >= 15 is 0 Å². The smallest absolute Gasteiger partial charge is 0.00355 e. The molecule has 0 saturated carbocycles. The first-order valence-corrected chi connectivity index (χ1v) is 6.88. The summed E-state index contributed by atoms with van der Waals surface area (Å²) >= 11 is 0. The molecule has 0 aliphatic carbocycles. The van der Waals surface area contributed by atoms with Crippen molar-refractivity contribution in [3.63, 3.8) is 0 Å². The molecular weight excluding hydrogens is 182 g/mol. The lowest BCUT2D eigenvalue weighted by molar-refractivity contribution is 0.267. The summed E-state index contributed by atoms with van der Waals surface area (Å²) in [7, 11) is 2.23. The molecule has 0 rings (SSSR count). The Balaban J connectivity index is 3.05. The molecule has 0 aromatic heterocycles. The average Bonchev–Trinajstić information content (AvgIpc) is 2.21. The monoisotopic (exact) mass is 213 g/mol. The SMILES string of the molecule is CCCCCCCCCCN(C)C(C)C. The molecule has 15 heavy (non-hydrogen) atoms. The van der Waals surface area contributed by atoms with Crippen molar-refractivity contribution in [2.24, 2.45) is 0 Å². The summed E-state index contributed by atoms with van der Waals surface area (Å²) in [6.07, 6.45) is 11.4. The first-order valence-electron chi connectivity index (χ1n) is 6.88. The van der Waals surface area contributed by atoms with Crippen molar-refractivity contribution in [2.45, 2.75) is 78.2 Å². The van der Waals surface area contributed by atoms with Crippen molar-refractivity contribution in [2.75, 3.05) is 13.6 Å². The van der Waals surface area contributed by atoms with E-state index in [4.69, 9.17) is 0 Å². The number of hydrogen-bond acceptors (Lipinski definition) is 1. The van der Waals surface area contributed by atoms with Gasteiger partial charge < -0.3 is 4.90 Å². The second-order valence-electron chi connectivity index (χ2n) is 5.05. The van der Waals surface area contributed by atoms with Crippen LogP contribution in [0.3, 0.4) is 0 Å². The molecule has 1 nitrogen and oxygen atoms in total. The van der Waals surface area contributed by atoms with Gasteiger partial charge in [-0.1, -0.05) is 51.9 Å². The van der Waals surface area contributed by atoms with Gasteiger partial charge in [0.25, 0.3) is 0 Å². The number of rotatable bonds is 10. The molecule has 0 bridgehead atoms. The highest BCUT2D eigenvalue weighted by atomic mass is 15.1. The lowest BCUT2D eigenvalue weighted by atomic mass is 10.1. The third-order valence-corrected chi connectivity index (χ3v) is 3.25. The lowest BCUT2D eigenvalue weighted by Gasteiger charge is -2.20. The third kappa shape index (κ3) is 10.2. The molecule has 0 spiro atoms. The Morgan fingerprint density at radius 3 is 1.73 bits per heavy atom. The van der Waals surface area contributed by atoms with Crippen LogP contribution < -0.4 is 0 Å². The minimum absolute atomic E-state index is 0.703. The molecule has 0 unspecified atom stereocenters. The number of hydrogen-bond donors (Lipinski definition) is 0. The number of nitrogens with zero attached hydrogens (tertiary/aromatic N) is 1. The van der Waals surface area contributed by atoms with Crippen molar-refractivity contribution in [1.29, 1.82) is 0 Å². The van der Waals surface area contributed by atoms with E-state index in [9.17, 15) is 0 Å². The Bertz CT molecular complexity index is 121. The van der Waals surface area contributed by atoms with Gasteiger partial charge >= 0.3 is 0 Å². The summed E-state index contributed by atoms with van der Waals surface area (Å²) in [5.41, 5.74) is 0. The predicted octanol–water partition coefficient (Wildman–Crippen LogP) is 4.47. The van der Waals surface area contributed by atoms with Crippen molar-refractivity contribution >= 4 is 0 Å². The van der Waals surface area contributed by atoms with Gasteiger partial charge in [0.05, 0.1) is 0 Å². The molecule has 0 fully saturated rings. The highest BCUT2D eigenvalue weighted by molar-refractivity contribution is 4.56. The van der Waals surface area contributed by atoms with Gasteiger partial charge in [-0.2, -0.15) is 0 Å². The second kappa shape index (κ2) is 10.5. The van der Waals surface area contributed by atoms with Crippen molar-refractivity contribution < 1.29 is 0 Å². The second-order valence-corrected chi connectivity index (χ2v) is 5.05. The first kappa shape index (κ1) is 15.0. The molecule has 0 N–H and O–H groups in total. The van der Waals surface area contributed by atoms with Crippen LogP contribution in [-0.4, -0.2) is 24.5 Å². The van der Waals surface area contributed by atoms with Crippen molar-refractivity contribution in [3.05, 3.63) is 0 Å². The fourth-order valence-corrected chi connectivity index (χ4v) is 1.75. The van der Waals surface area contributed by atoms with Gasteiger partial charge in [-0.3, -0.25) is 0 Å². The Kier molecular flexibility index (Phi) is 10.4. The van der Waals surface area contributed by atoms with E-state index in [-0.39, 0.29) is 0 Å². The maximum atomic E-state index is 2.44. The van der Waals surface area contributed by atoms with Crippen LogP contribution in [0.15, 0.2) is 0 Å². The molecule has 0 saturated heterocycles. The van der Waals surface area contributed by atoms with Crippen molar-refractivity contribution in [1.82, 2.24) is 4.90 Å². The van der Waals surface area contributed by atoms with Crippen LogP contribution in [-0.2, 0) is 0 Å². The van der Waals surface area contributed by atoms with E-state index in [1.165, 1.54) is 57.9 Å². The van der Waals surface area contributed by atoms with Crippen LogP contribution in [0.1, 0.15) is 72.1 Å². The van der Waals surface area contributed by atoms with Crippen LogP contribution >= 0.6 is 0 Å². The lowest BCUT2D eigenvalue weighted by Crippen LogP contribution is -2.27. The van der Waals surface area contributed by atoms with E-state index in [1.54, 1.807) is 0 Å². The molecule has 0 aromatic carbocycles.